The van der Waals surface area contributed by atoms with Gasteiger partial charge in [0.2, 0.25) is 0 Å². The van der Waals surface area contributed by atoms with Crippen LogP contribution in [0.3, 0.4) is 0 Å². The first kappa shape index (κ1) is 15.9. The fourth-order valence-corrected chi connectivity index (χ4v) is 3.07. The van der Waals surface area contributed by atoms with Crippen LogP contribution in [-0.2, 0) is 16.8 Å². The summed E-state index contributed by atoms with van der Waals surface area (Å²) in [4.78, 5) is 20.2. The first-order chi connectivity index (χ1) is 10.1. The monoisotopic (exact) mass is 292 g/mol. The van der Waals surface area contributed by atoms with E-state index < -0.39 is 11.6 Å². The quantitative estimate of drug-likeness (QED) is 0.870. The van der Waals surface area contributed by atoms with Gasteiger partial charge in [-0.05, 0) is 26.2 Å². The minimum Gasteiger partial charge on any atom is -0.478 e. The van der Waals surface area contributed by atoms with Gasteiger partial charge < -0.3 is 9.84 Å². The molecule has 1 heterocycles. The maximum absolute atomic E-state index is 11.3. The van der Waals surface area contributed by atoms with Gasteiger partial charge in [0.1, 0.15) is 5.60 Å². The van der Waals surface area contributed by atoms with Gasteiger partial charge in [0.15, 0.2) is 5.82 Å². The zero-order valence-electron chi connectivity index (χ0n) is 12.9. The second kappa shape index (κ2) is 6.98. The van der Waals surface area contributed by atoms with E-state index in [9.17, 15) is 9.90 Å². The molecule has 1 aliphatic carbocycles. The number of nitrogens with zero attached hydrogens (tertiary/aromatic N) is 2. The van der Waals surface area contributed by atoms with Crippen molar-refractivity contribution in [1.29, 1.82) is 0 Å². The lowest BCUT2D eigenvalue weighted by atomic mass is 9.83. The Hall–Kier alpha value is -1.49. The highest BCUT2D eigenvalue weighted by molar-refractivity contribution is 5.88. The van der Waals surface area contributed by atoms with Crippen LogP contribution in [-0.4, -0.2) is 27.7 Å². The van der Waals surface area contributed by atoms with E-state index in [1.54, 1.807) is 0 Å². The van der Waals surface area contributed by atoms with E-state index in [0.29, 0.717) is 24.5 Å². The summed E-state index contributed by atoms with van der Waals surface area (Å²) in [7, 11) is 0. The third-order valence-corrected chi connectivity index (χ3v) is 4.07. The first-order valence-corrected chi connectivity index (χ1v) is 7.86. The zero-order valence-corrected chi connectivity index (χ0v) is 12.9. The molecule has 116 valence electrons. The highest BCUT2D eigenvalue weighted by atomic mass is 16.5. The molecule has 0 aromatic carbocycles. The maximum Gasteiger partial charge on any atom is 0.339 e. The standard InChI is InChI=1S/C16H24N2O3/c1-3-8-13-12(14(19)20)11-17-15(18-13)16(21-4-2)9-6-5-7-10-16/h11H,3-10H2,1-2H3,(H,19,20). The first-order valence-electron chi connectivity index (χ1n) is 7.86. The predicted octanol–water partition coefficient (Wildman–Crippen LogP) is 3.32. The number of carboxylic acid groups (broad SMARTS) is 1. The van der Waals surface area contributed by atoms with Crippen LogP contribution in [0, 0.1) is 0 Å². The van der Waals surface area contributed by atoms with E-state index in [1.807, 2.05) is 13.8 Å². The minimum absolute atomic E-state index is 0.211. The summed E-state index contributed by atoms with van der Waals surface area (Å²) in [6.45, 7) is 4.62. The molecule has 2 rings (SSSR count). The van der Waals surface area contributed by atoms with Crippen molar-refractivity contribution in [3.8, 4) is 0 Å². The Balaban J connectivity index is 2.41. The summed E-state index contributed by atoms with van der Waals surface area (Å²) >= 11 is 0. The smallest absolute Gasteiger partial charge is 0.339 e. The molecule has 1 saturated carbocycles. The lowest BCUT2D eigenvalue weighted by Crippen LogP contribution is -2.35. The summed E-state index contributed by atoms with van der Waals surface area (Å²) in [5, 5.41) is 9.25. The molecule has 0 saturated heterocycles. The molecule has 0 amide bonds. The van der Waals surface area contributed by atoms with Crippen LogP contribution >= 0.6 is 0 Å². The molecule has 0 bridgehead atoms. The van der Waals surface area contributed by atoms with Crippen LogP contribution in [0.25, 0.3) is 0 Å². The van der Waals surface area contributed by atoms with E-state index in [0.717, 1.165) is 32.1 Å². The molecule has 1 N–H and O–H groups in total. The van der Waals surface area contributed by atoms with Crippen LogP contribution in [0.4, 0.5) is 0 Å². The van der Waals surface area contributed by atoms with Gasteiger partial charge in [0.25, 0.3) is 0 Å². The maximum atomic E-state index is 11.3. The third kappa shape index (κ3) is 3.40. The normalized spacial score (nSPS) is 17.6. The summed E-state index contributed by atoms with van der Waals surface area (Å²) in [6, 6.07) is 0. The molecule has 0 aliphatic heterocycles. The lowest BCUT2D eigenvalue weighted by Gasteiger charge is -2.35. The van der Waals surface area contributed by atoms with Gasteiger partial charge in [-0.15, -0.1) is 0 Å². The van der Waals surface area contributed by atoms with E-state index in [1.165, 1.54) is 12.6 Å². The van der Waals surface area contributed by atoms with Crippen molar-refractivity contribution >= 4 is 5.97 Å². The average molecular weight is 292 g/mol. The second-order valence-corrected chi connectivity index (χ2v) is 5.60. The molecule has 1 aromatic heterocycles. The molecule has 0 unspecified atom stereocenters. The second-order valence-electron chi connectivity index (χ2n) is 5.60. The van der Waals surface area contributed by atoms with Crippen LogP contribution < -0.4 is 0 Å². The highest BCUT2D eigenvalue weighted by Gasteiger charge is 2.38. The number of aromatic carboxylic acids is 1. The van der Waals surface area contributed by atoms with E-state index in [4.69, 9.17) is 4.74 Å². The Morgan fingerprint density at radius 1 is 1.33 bits per heavy atom. The summed E-state index contributed by atoms with van der Waals surface area (Å²) < 4.78 is 6.02. The van der Waals surface area contributed by atoms with E-state index in [-0.39, 0.29) is 5.56 Å². The zero-order chi connectivity index (χ0) is 15.3. The Bertz CT molecular complexity index is 491. The van der Waals surface area contributed by atoms with Gasteiger partial charge in [-0.25, -0.2) is 14.8 Å². The molecule has 0 radical (unpaired) electrons. The Labute approximate surface area is 125 Å². The summed E-state index contributed by atoms with van der Waals surface area (Å²) in [6.07, 6.45) is 8.21. The molecule has 5 nitrogen and oxygen atoms in total. The van der Waals surface area contributed by atoms with Gasteiger partial charge in [-0.1, -0.05) is 32.6 Å². The number of ether oxygens (including phenoxy) is 1. The van der Waals surface area contributed by atoms with Crippen molar-refractivity contribution in [3.63, 3.8) is 0 Å². The molecule has 0 atom stereocenters. The van der Waals surface area contributed by atoms with Crippen LogP contribution in [0.2, 0.25) is 0 Å². The fraction of sp³-hybridized carbons (Fsp3) is 0.688. The molecule has 21 heavy (non-hydrogen) atoms. The Morgan fingerprint density at radius 3 is 2.62 bits per heavy atom. The minimum atomic E-state index is -0.959. The van der Waals surface area contributed by atoms with Gasteiger partial charge in [0, 0.05) is 12.8 Å². The number of rotatable bonds is 6. The third-order valence-electron chi connectivity index (χ3n) is 4.07. The molecular weight excluding hydrogens is 268 g/mol. The number of hydrogen-bond donors (Lipinski definition) is 1. The van der Waals surface area contributed by atoms with Crippen molar-refractivity contribution < 1.29 is 14.6 Å². The fourth-order valence-electron chi connectivity index (χ4n) is 3.07. The lowest BCUT2D eigenvalue weighted by molar-refractivity contribution is -0.0768. The van der Waals surface area contributed by atoms with E-state index in [2.05, 4.69) is 9.97 Å². The topological polar surface area (TPSA) is 72.3 Å². The van der Waals surface area contributed by atoms with Gasteiger partial charge in [-0.3, -0.25) is 0 Å². The molecule has 1 fully saturated rings. The molecule has 1 aliphatic rings. The largest absolute Gasteiger partial charge is 0.478 e. The van der Waals surface area contributed by atoms with Crippen LogP contribution in [0.15, 0.2) is 6.20 Å². The van der Waals surface area contributed by atoms with Crippen LogP contribution in [0.1, 0.15) is 74.2 Å². The molecule has 0 spiro atoms. The predicted molar refractivity (Wildman–Crippen MR) is 79.4 cm³/mol. The number of carbonyl (C=O) groups is 1. The molecular formula is C16H24N2O3. The van der Waals surface area contributed by atoms with Crippen molar-refractivity contribution in [1.82, 2.24) is 9.97 Å². The van der Waals surface area contributed by atoms with Crippen molar-refractivity contribution in [2.24, 2.45) is 0 Å². The Kier molecular flexibility index (Phi) is 5.28. The van der Waals surface area contributed by atoms with Crippen LogP contribution in [0.5, 0.6) is 0 Å². The highest BCUT2D eigenvalue weighted by Crippen LogP contribution is 2.39. The number of carboxylic acids is 1. The van der Waals surface area contributed by atoms with Gasteiger partial charge in [-0.2, -0.15) is 0 Å². The van der Waals surface area contributed by atoms with Gasteiger partial charge >= 0.3 is 5.97 Å². The SMILES string of the molecule is CCCc1nc(C2(OCC)CCCCC2)ncc1C(=O)O. The Morgan fingerprint density at radius 2 is 2.05 bits per heavy atom. The average Bonchev–Trinajstić information content (AvgIpc) is 2.48. The van der Waals surface area contributed by atoms with Gasteiger partial charge in [0.05, 0.1) is 11.3 Å². The number of aromatic nitrogens is 2. The molecule has 5 heteroatoms. The van der Waals surface area contributed by atoms with Crippen molar-refractivity contribution in [3.05, 3.63) is 23.3 Å². The number of hydrogen-bond acceptors (Lipinski definition) is 4. The van der Waals surface area contributed by atoms with Crippen molar-refractivity contribution in [2.45, 2.75) is 64.4 Å². The van der Waals surface area contributed by atoms with Crippen molar-refractivity contribution in [2.75, 3.05) is 6.61 Å². The van der Waals surface area contributed by atoms with E-state index >= 15 is 0 Å². The number of aryl methyl sites for hydroxylation is 1. The summed E-state index contributed by atoms with van der Waals surface area (Å²) in [5.74, 6) is -0.295. The molecule has 1 aromatic rings. The summed E-state index contributed by atoms with van der Waals surface area (Å²) in [5.41, 5.74) is 0.412.